The van der Waals surface area contributed by atoms with Crippen LogP contribution in [0, 0.1) is 0 Å². The first-order valence-corrected chi connectivity index (χ1v) is 7.30. The molecule has 0 bridgehead atoms. The fourth-order valence-corrected chi connectivity index (χ4v) is 2.88. The van der Waals surface area contributed by atoms with Gasteiger partial charge in [0.1, 0.15) is 0 Å². The first-order valence-electron chi connectivity index (χ1n) is 7.30. The van der Waals surface area contributed by atoms with Crippen LogP contribution in [0.25, 0.3) is 0 Å². The van der Waals surface area contributed by atoms with Crippen LogP contribution in [-0.2, 0) is 11.3 Å². The molecule has 1 aliphatic heterocycles. The van der Waals surface area contributed by atoms with E-state index in [0.717, 1.165) is 32.4 Å². The van der Waals surface area contributed by atoms with Crippen molar-refractivity contribution in [2.45, 2.75) is 45.2 Å². The molecule has 1 saturated heterocycles. The van der Waals surface area contributed by atoms with Crippen molar-refractivity contribution in [3.05, 3.63) is 35.9 Å². The summed E-state index contributed by atoms with van der Waals surface area (Å²) in [5, 5.41) is 3.43. The number of rotatable bonds is 5. The predicted octanol–water partition coefficient (Wildman–Crippen LogP) is 2.57. The second-order valence-corrected chi connectivity index (χ2v) is 5.27. The summed E-state index contributed by atoms with van der Waals surface area (Å²) in [5.41, 5.74) is 0.882. The molecule has 0 aliphatic carbocycles. The van der Waals surface area contributed by atoms with Gasteiger partial charge in [0.25, 0.3) is 0 Å². The summed E-state index contributed by atoms with van der Waals surface area (Å²) in [6.45, 7) is 6.59. The molecule has 1 heterocycles. The fraction of sp³-hybridized carbons (Fsp3) is 0.562. The summed E-state index contributed by atoms with van der Waals surface area (Å²) in [5.74, 6) is 0.263. The van der Waals surface area contributed by atoms with Crippen molar-refractivity contribution in [2.75, 3.05) is 13.1 Å². The molecule has 1 aromatic carbocycles. The van der Waals surface area contributed by atoms with Crippen molar-refractivity contribution in [3.8, 4) is 0 Å². The Morgan fingerprint density at radius 2 is 2.05 bits per heavy atom. The number of amides is 1. The maximum absolute atomic E-state index is 12.8. The number of carbonyl (C=O) groups excluding carboxylic acids is 1. The van der Waals surface area contributed by atoms with Crippen LogP contribution in [0.4, 0.5) is 0 Å². The molecule has 3 heteroatoms. The molecule has 0 spiro atoms. The topological polar surface area (TPSA) is 32.3 Å². The lowest BCUT2D eigenvalue weighted by atomic mass is 9.92. The van der Waals surface area contributed by atoms with Crippen molar-refractivity contribution in [1.82, 2.24) is 10.2 Å². The summed E-state index contributed by atoms with van der Waals surface area (Å²) in [6, 6.07) is 10.2. The van der Waals surface area contributed by atoms with Crippen LogP contribution in [0.5, 0.6) is 0 Å². The quantitative estimate of drug-likeness (QED) is 0.882. The van der Waals surface area contributed by atoms with Crippen LogP contribution in [0.3, 0.4) is 0 Å². The Labute approximate surface area is 116 Å². The molecule has 1 aromatic rings. The molecule has 1 aliphatic rings. The summed E-state index contributed by atoms with van der Waals surface area (Å²) in [7, 11) is 0. The fourth-order valence-electron chi connectivity index (χ4n) is 2.88. The lowest BCUT2D eigenvalue weighted by molar-refractivity contribution is -0.138. The van der Waals surface area contributed by atoms with E-state index in [4.69, 9.17) is 0 Å². The molecule has 0 radical (unpaired) electrons. The van der Waals surface area contributed by atoms with Crippen LogP contribution in [0.15, 0.2) is 30.3 Å². The number of benzene rings is 1. The van der Waals surface area contributed by atoms with E-state index in [2.05, 4.69) is 31.3 Å². The van der Waals surface area contributed by atoms with E-state index in [0.29, 0.717) is 6.54 Å². The molecule has 1 atom stereocenters. The number of hydrogen-bond acceptors (Lipinski definition) is 2. The van der Waals surface area contributed by atoms with E-state index >= 15 is 0 Å². The zero-order valence-electron chi connectivity index (χ0n) is 12.0. The minimum absolute atomic E-state index is 0.263. The van der Waals surface area contributed by atoms with Gasteiger partial charge in [0.15, 0.2) is 0 Å². The molecule has 0 saturated carbocycles. The van der Waals surface area contributed by atoms with Gasteiger partial charge in [-0.05, 0) is 38.3 Å². The zero-order valence-corrected chi connectivity index (χ0v) is 12.0. The van der Waals surface area contributed by atoms with E-state index in [1.807, 2.05) is 23.1 Å². The lowest BCUT2D eigenvalue weighted by Gasteiger charge is -2.33. The third-order valence-electron chi connectivity index (χ3n) is 4.14. The summed E-state index contributed by atoms with van der Waals surface area (Å²) < 4.78 is 0. The monoisotopic (exact) mass is 260 g/mol. The van der Waals surface area contributed by atoms with Gasteiger partial charge < -0.3 is 10.2 Å². The number of likely N-dealkylation sites (N-methyl/N-ethyl adjacent to an activating group) is 1. The Morgan fingerprint density at radius 3 is 2.58 bits per heavy atom. The standard InChI is InChI=1S/C16H24N2O/c1-3-16(11-8-12-17-16)15(19)18(4-2)13-14-9-6-5-7-10-14/h5-7,9-10,17H,3-4,8,11-13H2,1-2H3. The van der Waals surface area contributed by atoms with Gasteiger partial charge in [0.2, 0.25) is 5.91 Å². The van der Waals surface area contributed by atoms with Gasteiger partial charge >= 0.3 is 0 Å². The molecule has 3 nitrogen and oxygen atoms in total. The molecular formula is C16H24N2O. The lowest BCUT2D eigenvalue weighted by Crippen LogP contribution is -2.54. The third-order valence-corrected chi connectivity index (χ3v) is 4.14. The first kappa shape index (κ1) is 14.1. The maximum Gasteiger partial charge on any atom is 0.243 e. The Hall–Kier alpha value is -1.35. The third kappa shape index (κ3) is 2.98. The van der Waals surface area contributed by atoms with E-state index in [9.17, 15) is 4.79 Å². The van der Waals surface area contributed by atoms with E-state index in [1.165, 1.54) is 5.56 Å². The van der Waals surface area contributed by atoms with Gasteiger partial charge in [-0.15, -0.1) is 0 Å². The van der Waals surface area contributed by atoms with Crippen LogP contribution in [-0.4, -0.2) is 29.4 Å². The van der Waals surface area contributed by atoms with Crippen LogP contribution >= 0.6 is 0 Å². The summed E-state index contributed by atoms with van der Waals surface area (Å²) >= 11 is 0. The van der Waals surface area contributed by atoms with E-state index < -0.39 is 0 Å². The second-order valence-electron chi connectivity index (χ2n) is 5.27. The van der Waals surface area contributed by atoms with Crippen LogP contribution in [0.1, 0.15) is 38.7 Å². The highest BCUT2D eigenvalue weighted by Gasteiger charge is 2.41. The average Bonchev–Trinajstić information content (AvgIpc) is 2.95. The van der Waals surface area contributed by atoms with E-state index in [1.54, 1.807) is 0 Å². The molecule has 0 aromatic heterocycles. The largest absolute Gasteiger partial charge is 0.337 e. The molecule has 2 rings (SSSR count). The number of carbonyl (C=O) groups is 1. The maximum atomic E-state index is 12.8. The molecule has 19 heavy (non-hydrogen) atoms. The summed E-state index contributed by atoms with van der Waals surface area (Å²) in [4.78, 5) is 14.8. The van der Waals surface area contributed by atoms with Crippen molar-refractivity contribution in [1.29, 1.82) is 0 Å². The van der Waals surface area contributed by atoms with Crippen LogP contribution < -0.4 is 5.32 Å². The Bertz CT molecular complexity index is 410. The van der Waals surface area contributed by atoms with Gasteiger partial charge in [-0.1, -0.05) is 37.3 Å². The van der Waals surface area contributed by atoms with Gasteiger partial charge in [-0.2, -0.15) is 0 Å². The van der Waals surface area contributed by atoms with Crippen molar-refractivity contribution in [2.24, 2.45) is 0 Å². The number of nitrogens with zero attached hydrogens (tertiary/aromatic N) is 1. The van der Waals surface area contributed by atoms with Gasteiger partial charge in [0.05, 0.1) is 5.54 Å². The zero-order chi connectivity index (χ0) is 13.7. The van der Waals surface area contributed by atoms with Gasteiger partial charge in [-0.25, -0.2) is 0 Å². The van der Waals surface area contributed by atoms with Crippen molar-refractivity contribution >= 4 is 5.91 Å². The highest BCUT2D eigenvalue weighted by Crippen LogP contribution is 2.26. The smallest absolute Gasteiger partial charge is 0.243 e. The van der Waals surface area contributed by atoms with Gasteiger partial charge in [-0.3, -0.25) is 4.79 Å². The Morgan fingerprint density at radius 1 is 1.32 bits per heavy atom. The highest BCUT2D eigenvalue weighted by atomic mass is 16.2. The molecule has 1 unspecified atom stereocenters. The predicted molar refractivity (Wildman–Crippen MR) is 77.8 cm³/mol. The average molecular weight is 260 g/mol. The molecule has 1 amide bonds. The van der Waals surface area contributed by atoms with E-state index in [-0.39, 0.29) is 11.4 Å². The minimum atomic E-state index is -0.315. The molecule has 1 fully saturated rings. The van der Waals surface area contributed by atoms with Crippen molar-refractivity contribution < 1.29 is 4.79 Å². The number of hydrogen-bond donors (Lipinski definition) is 1. The molecule has 104 valence electrons. The first-order chi connectivity index (χ1) is 9.22. The highest BCUT2D eigenvalue weighted by molar-refractivity contribution is 5.86. The minimum Gasteiger partial charge on any atom is -0.337 e. The van der Waals surface area contributed by atoms with Crippen molar-refractivity contribution in [3.63, 3.8) is 0 Å². The normalized spacial score (nSPS) is 22.4. The van der Waals surface area contributed by atoms with Crippen LogP contribution in [0.2, 0.25) is 0 Å². The SMILES string of the molecule is CCN(Cc1ccccc1)C(=O)C1(CC)CCCN1. The molecule has 1 N–H and O–H groups in total. The Balaban J connectivity index is 2.11. The number of nitrogens with one attached hydrogen (secondary N) is 1. The summed E-state index contributed by atoms with van der Waals surface area (Å²) in [6.07, 6.45) is 2.94. The molecular weight excluding hydrogens is 236 g/mol. The second kappa shape index (κ2) is 6.20. The Kier molecular flexibility index (Phi) is 4.59. The van der Waals surface area contributed by atoms with Gasteiger partial charge in [0, 0.05) is 13.1 Å².